The fourth-order valence-corrected chi connectivity index (χ4v) is 1.31. The zero-order valence-corrected chi connectivity index (χ0v) is 8.33. The molecule has 0 N–H and O–H groups in total. The molecule has 0 amide bonds. The van der Waals surface area contributed by atoms with Crippen molar-refractivity contribution >= 4 is 5.78 Å². The first-order chi connectivity index (χ1) is 7.22. The Kier molecular flexibility index (Phi) is 2.68. The number of rotatable bonds is 4. The molecule has 1 unspecified atom stereocenters. The van der Waals surface area contributed by atoms with Crippen LogP contribution >= 0.6 is 0 Å². The molecule has 1 aromatic carbocycles. The summed E-state index contributed by atoms with van der Waals surface area (Å²) in [5.74, 6) is -0.508. The van der Waals surface area contributed by atoms with Crippen LogP contribution in [0.5, 0.6) is 5.75 Å². The van der Waals surface area contributed by atoms with Crippen LogP contribution in [0, 0.1) is 5.82 Å². The Morgan fingerprint density at radius 2 is 2.40 bits per heavy atom. The van der Waals surface area contributed by atoms with Gasteiger partial charge in [-0.2, -0.15) is 0 Å². The van der Waals surface area contributed by atoms with E-state index in [1.165, 1.54) is 12.1 Å². The second kappa shape index (κ2) is 3.98. The molecule has 1 aliphatic heterocycles. The van der Waals surface area contributed by atoms with Crippen molar-refractivity contribution in [1.29, 1.82) is 0 Å². The Morgan fingerprint density at radius 3 is 2.93 bits per heavy atom. The highest BCUT2D eigenvalue weighted by Gasteiger charge is 2.32. The van der Waals surface area contributed by atoms with E-state index in [2.05, 4.69) is 0 Å². The van der Waals surface area contributed by atoms with E-state index in [0.717, 1.165) is 0 Å². The smallest absolute Gasteiger partial charge is 0.194 e. The lowest BCUT2D eigenvalue weighted by Crippen LogP contribution is -2.07. The van der Waals surface area contributed by atoms with Gasteiger partial charge in [-0.3, -0.25) is 4.79 Å². The molecule has 15 heavy (non-hydrogen) atoms. The number of hydrogen-bond donors (Lipinski definition) is 0. The summed E-state index contributed by atoms with van der Waals surface area (Å²) in [5.41, 5.74) is 0.332. The maximum Gasteiger partial charge on any atom is 0.194 e. The lowest BCUT2D eigenvalue weighted by molar-refractivity contribution is 0.0953. The highest BCUT2D eigenvalue weighted by Crippen LogP contribution is 2.22. The number of ketones is 1. The fourth-order valence-electron chi connectivity index (χ4n) is 1.31. The largest absolute Gasteiger partial charge is 0.491 e. The number of ether oxygens (including phenoxy) is 2. The van der Waals surface area contributed by atoms with Crippen molar-refractivity contribution in [2.45, 2.75) is 13.0 Å². The van der Waals surface area contributed by atoms with Crippen molar-refractivity contribution in [2.75, 3.05) is 13.2 Å². The number of halogens is 1. The van der Waals surface area contributed by atoms with Crippen LogP contribution in [0.4, 0.5) is 4.39 Å². The summed E-state index contributed by atoms with van der Waals surface area (Å²) in [7, 11) is 0. The van der Waals surface area contributed by atoms with Gasteiger partial charge in [-0.1, -0.05) is 0 Å². The minimum absolute atomic E-state index is 0.169. The Hall–Kier alpha value is -1.42. The molecule has 1 aliphatic rings. The third kappa shape index (κ3) is 2.15. The van der Waals surface area contributed by atoms with Gasteiger partial charge in [0.2, 0.25) is 0 Å². The number of carbonyl (C=O) groups is 1. The monoisotopic (exact) mass is 210 g/mol. The number of epoxide rings is 1. The molecular weight excluding hydrogens is 199 g/mol. The Labute approximate surface area is 86.8 Å². The second-order valence-corrected chi connectivity index (χ2v) is 3.26. The molecule has 0 aliphatic carbocycles. The number of benzene rings is 1. The molecule has 1 atom stereocenters. The zero-order valence-electron chi connectivity index (χ0n) is 8.33. The first-order valence-electron chi connectivity index (χ1n) is 4.80. The Bertz CT molecular complexity index is 385. The first-order valence-corrected chi connectivity index (χ1v) is 4.80. The molecule has 2 rings (SSSR count). The molecule has 0 aromatic heterocycles. The minimum Gasteiger partial charge on any atom is -0.491 e. The predicted molar refractivity (Wildman–Crippen MR) is 51.6 cm³/mol. The molecule has 0 bridgehead atoms. The van der Waals surface area contributed by atoms with Gasteiger partial charge in [0.05, 0.1) is 13.2 Å². The number of carbonyl (C=O) groups excluding carboxylic acids is 1. The highest BCUT2D eigenvalue weighted by atomic mass is 19.1. The van der Waals surface area contributed by atoms with Crippen LogP contribution < -0.4 is 4.74 Å². The average Bonchev–Trinajstić information content (AvgIpc) is 3.04. The third-order valence-electron chi connectivity index (χ3n) is 2.14. The molecule has 80 valence electrons. The first kappa shape index (κ1) is 10.1. The highest BCUT2D eigenvalue weighted by molar-refractivity contribution is 6.00. The maximum absolute atomic E-state index is 13.4. The van der Waals surface area contributed by atoms with Crippen LogP contribution in [0.1, 0.15) is 17.3 Å². The van der Waals surface area contributed by atoms with Gasteiger partial charge in [-0.05, 0) is 25.1 Å². The van der Waals surface area contributed by atoms with E-state index in [-0.39, 0.29) is 17.6 Å². The number of hydrogen-bond acceptors (Lipinski definition) is 3. The van der Waals surface area contributed by atoms with E-state index >= 15 is 0 Å². The van der Waals surface area contributed by atoms with Crippen molar-refractivity contribution in [3.63, 3.8) is 0 Å². The van der Waals surface area contributed by atoms with E-state index in [1.807, 2.05) is 0 Å². The van der Waals surface area contributed by atoms with Gasteiger partial charge in [0.25, 0.3) is 0 Å². The van der Waals surface area contributed by atoms with Gasteiger partial charge in [0.1, 0.15) is 6.10 Å². The van der Waals surface area contributed by atoms with Crippen LogP contribution in [0.2, 0.25) is 0 Å². The molecule has 0 saturated carbocycles. The van der Waals surface area contributed by atoms with Crippen LogP contribution in [0.3, 0.4) is 0 Å². The normalized spacial score (nSPS) is 18.7. The molecule has 0 spiro atoms. The maximum atomic E-state index is 13.4. The summed E-state index contributed by atoms with van der Waals surface area (Å²) in [6, 6.07) is 4.21. The predicted octanol–water partition coefficient (Wildman–Crippen LogP) is 1.81. The molecule has 0 radical (unpaired) electrons. The summed E-state index contributed by atoms with van der Waals surface area (Å²) in [5, 5.41) is 0. The van der Waals surface area contributed by atoms with Crippen molar-refractivity contribution in [3.05, 3.63) is 29.6 Å². The van der Waals surface area contributed by atoms with Crippen LogP contribution in [0.25, 0.3) is 0 Å². The minimum atomic E-state index is -0.511. The third-order valence-corrected chi connectivity index (χ3v) is 2.14. The number of Topliss-reactive ketones (excluding diaryl/α,β-unsaturated/α-hetero) is 1. The SMILES string of the molecule is CCOc1ccc(C(=O)C2CO2)cc1F. The van der Waals surface area contributed by atoms with Gasteiger partial charge in [0.15, 0.2) is 17.3 Å². The quantitative estimate of drug-likeness (QED) is 0.562. The van der Waals surface area contributed by atoms with Crippen molar-refractivity contribution in [1.82, 2.24) is 0 Å². The van der Waals surface area contributed by atoms with Crippen LogP contribution in [-0.2, 0) is 4.74 Å². The summed E-state index contributed by atoms with van der Waals surface area (Å²) >= 11 is 0. The van der Waals surface area contributed by atoms with Gasteiger partial charge in [-0.15, -0.1) is 0 Å². The van der Waals surface area contributed by atoms with Gasteiger partial charge >= 0.3 is 0 Å². The second-order valence-electron chi connectivity index (χ2n) is 3.26. The average molecular weight is 210 g/mol. The molecule has 3 nitrogen and oxygen atoms in total. The topological polar surface area (TPSA) is 38.8 Å². The summed E-state index contributed by atoms with van der Waals surface area (Å²) < 4.78 is 23.2. The lowest BCUT2D eigenvalue weighted by Gasteiger charge is -2.05. The van der Waals surface area contributed by atoms with Gasteiger partial charge < -0.3 is 9.47 Å². The summed E-state index contributed by atoms with van der Waals surface area (Å²) in [4.78, 5) is 11.5. The van der Waals surface area contributed by atoms with Crippen molar-refractivity contribution in [2.24, 2.45) is 0 Å². The lowest BCUT2D eigenvalue weighted by atomic mass is 10.1. The van der Waals surface area contributed by atoms with E-state index in [4.69, 9.17) is 9.47 Å². The van der Waals surface area contributed by atoms with Crippen molar-refractivity contribution < 1.29 is 18.7 Å². The van der Waals surface area contributed by atoms with E-state index in [1.54, 1.807) is 13.0 Å². The molecule has 1 fully saturated rings. The molecule has 1 aromatic rings. The van der Waals surface area contributed by atoms with Gasteiger partial charge in [0, 0.05) is 5.56 Å². The van der Waals surface area contributed by atoms with E-state index in [0.29, 0.717) is 18.8 Å². The molecule has 4 heteroatoms. The standard InChI is InChI=1S/C11H11FO3/c1-2-14-9-4-3-7(5-8(9)12)11(13)10-6-15-10/h3-5,10H,2,6H2,1H3. The Morgan fingerprint density at radius 1 is 1.67 bits per heavy atom. The fraction of sp³-hybridized carbons (Fsp3) is 0.364. The van der Waals surface area contributed by atoms with Gasteiger partial charge in [-0.25, -0.2) is 4.39 Å². The van der Waals surface area contributed by atoms with Crippen LogP contribution in [-0.4, -0.2) is 25.1 Å². The molecule has 1 heterocycles. The van der Waals surface area contributed by atoms with Crippen molar-refractivity contribution in [3.8, 4) is 5.75 Å². The zero-order chi connectivity index (χ0) is 10.8. The van der Waals surface area contributed by atoms with Crippen LogP contribution in [0.15, 0.2) is 18.2 Å². The summed E-state index contributed by atoms with van der Waals surface area (Å²) in [6.45, 7) is 2.61. The van der Waals surface area contributed by atoms with E-state index < -0.39 is 5.82 Å². The molecular formula is C11H11FO3. The Balaban J connectivity index is 2.20. The summed E-state index contributed by atoms with van der Waals surface area (Å²) in [6.07, 6.45) is -0.373. The molecule has 1 saturated heterocycles. The van der Waals surface area contributed by atoms with E-state index in [9.17, 15) is 9.18 Å².